The quantitative estimate of drug-likeness (QED) is 0.160. The van der Waals surface area contributed by atoms with E-state index in [9.17, 15) is 0 Å². The van der Waals surface area contributed by atoms with Crippen molar-refractivity contribution in [2.24, 2.45) is 0 Å². The molecule has 72 heavy (non-hydrogen) atoms. The first-order chi connectivity index (χ1) is 35.7. The monoisotopic (exact) mass is 915 g/mol. The van der Waals surface area contributed by atoms with Crippen molar-refractivity contribution in [2.75, 3.05) is 0 Å². The van der Waals surface area contributed by atoms with Crippen LogP contribution in [-0.2, 0) is 0 Å². The molecule has 0 amide bonds. The number of benzene rings is 11. The molecule has 15 rings (SSSR count). The number of para-hydroxylation sites is 3. The highest BCUT2D eigenvalue weighted by molar-refractivity contribution is 6.24. The molecule has 5 nitrogen and oxygen atoms in total. The smallest absolute Gasteiger partial charge is 0.164 e. The molecule has 4 heterocycles. The fourth-order valence-electron chi connectivity index (χ4n) is 11.4. The molecule has 5 heteroatoms. The van der Waals surface area contributed by atoms with Crippen molar-refractivity contribution in [3.8, 4) is 73.2 Å². The summed E-state index contributed by atoms with van der Waals surface area (Å²) in [5.41, 5.74) is 17.1. The van der Waals surface area contributed by atoms with Crippen LogP contribution in [0.15, 0.2) is 249 Å². The molecule has 0 fully saturated rings. The summed E-state index contributed by atoms with van der Waals surface area (Å²) in [7, 11) is 0. The van der Waals surface area contributed by atoms with Gasteiger partial charge in [-0.25, -0.2) is 15.0 Å². The van der Waals surface area contributed by atoms with Crippen LogP contribution >= 0.6 is 0 Å². The SMILES string of the molecule is c1ccc(-c2nc(-c3ccccc3)nc(-c3cccc(-n4c5ccccc5c5cc(-c6ccc(-c7cccc8c(-c9ccc%10c(c9)c9cccc%11c%12ccccc%12n%10c%119)cccc78)cc6)ccc54)c3)n2)cc1. The van der Waals surface area contributed by atoms with Gasteiger partial charge in [-0.15, -0.1) is 0 Å². The van der Waals surface area contributed by atoms with Crippen LogP contribution in [0.1, 0.15) is 0 Å². The minimum absolute atomic E-state index is 0.628. The molecule has 0 aliphatic heterocycles. The van der Waals surface area contributed by atoms with Crippen LogP contribution in [0.3, 0.4) is 0 Å². The van der Waals surface area contributed by atoms with E-state index >= 15 is 0 Å². The van der Waals surface area contributed by atoms with Crippen molar-refractivity contribution in [3.63, 3.8) is 0 Å². The molecule has 0 bridgehead atoms. The third kappa shape index (κ3) is 6.24. The molecule has 0 aliphatic rings. The molecule has 0 saturated heterocycles. The maximum atomic E-state index is 5.04. The highest BCUT2D eigenvalue weighted by atomic mass is 15.0. The van der Waals surface area contributed by atoms with Crippen molar-refractivity contribution < 1.29 is 0 Å². The fourth-order valence-corrected chi connectivity index (χ4v) is 11.4. The zero-order chi connectivity index (χ0) is 47.3. The summed E-state index contributed by atoms with van der Waals surface area (Å²) in [5.74, 6) is 1.91. The van der Waals surface area contributed by atoms with Gasteiger partial charge in [-0.05, 0) is 92.7 Å². The average molecular weight is 916 g/mol. The number of hydrogen-bond acceptors (Lipinski definition) is 3. The predicted molar refractivity (Wildman–Crippen MR) is 299 cm³/mol. The molecular formula is C67H41N5. The van der Waals surface area contributed by atoms with Gasteiger partial charge in [-0.2, -0.15) is 0 Å². The predicted octanol–water partition coefficient (Wildman–Crippen LogP) is 17.3. The minimum Gasteiger partial charge on any atom is -0.309 e. The first-order valence-electron chi connectivity index (χ1n) is 24.5. The minimum atomic E-state index is 0.628. The lowest BCUT2D eigenvalue weighted by Crippen LogP contribution is -2.01. The maximum absolute atomic E-state index is 5.04. The first kappa shape index (κ1) is 40.2. The van der Waals surface area contributed by atoms with Crippen molar-refractivity contribution in [3.05, 3.63) is 249 Å². The Kier molecular flexibility index (Phi) is 8.89. The molecule has 15 aromatic rings. The fraction of sp³-hybridized carbons (Fsp3) is 0. The average Bonchev–Trinajstić information content (AvgIpc) is 4.10. The molecule has 4 aromatic heterocycles. The summed E-state index contributed by atoms with van der Waals surface area (Å²) in [4.78, 5) is 15.0. The first-order valence-corrected chi connectivity index (χ1v) is 24.5. The van der Waals surface area contributed by atoms with E-state index in [0.717, 1.165) is 33.4 Å². The summed E-state index contributed by atoms with van der Waals surface area (Å²) < 4.78 is 4.80. The van der Waals surface area contributed by atoms with E-state index in [4.69, 9.17) is 15.0 Å². The number of aromatic nitrogens is 5. The van der Waals surface area contributed by atoms with Gasteiger partial charge in [-0.1, -0.05) is 200 Å². The molecule has 0 radical (unpaired) electrons. The standard InChI is InChI=1S/C67H41N5/c1-3-15-44(16-4-1)65-68-66(45-17-5-2-6-18-45)70-67(69-65)48-19-11-20-49(39-48)71-60-29-9-8-22-55(60)58-40-46(35-37-62(58)71)42-31-33-43(34-32-42)50-23-12-26-53-51(24-13-25-52(50)53)47-36-38-63-59(41-47)57-28-14-27-56-54-21-7-10-30-61(54)72(63)64(56)57/h1-41H. The molecule has 11 aromatic carbocycles. The summed E-state index contributed by atoms with van der Waals surface area (Å²) >= 11 is 0. The summed E-state index contributed by atoms with van der Waals surface area (Å²) in [6.07, 6.45) is 0. The van der Waals surface area contributed by atoms with Crippen molar-refractivity contribution in [2.45, 2.75) is 0 Å². The van der Waals surface area contributed by atoms with Crippen LogP contribution in [0.25, 0.3) is 144 Å². The Morgan fingerprint density at radius 2 is 0.667 bits per heavy atom. The number of rotatable bonds is 7. The Labute approximate surface area is 414 Å². The maximum Gasteiger partial charge on any atom is 0.164 e. The second-order valence-electron chi connectivity index (χ2n) is 18.7. The third-order valence-corrected chi connectivity index (χ3v) is 14.7. The van der Waals surface area contributed by atoms with E-state index in [-0.39, 0.29) is 0 Å². The van der Waals surface area contributed by atoms with Gasteiger partial charge < -0.3 is 8.97 Å². The summed E-state index contributed by atoms with van der Waals surface area (Å²) in [5, 5.41) is 10.1. The summed E-state index contributed by atoms with van der Waals surface area (Å²) in [6, 6.07) is 89.4. The van der Waals surface area contributed by atoms with Gasteiger partial charge in [0.05, 0.1) is 27.6 Å². The Morgan fingerprint density at radius 1 is 0.236 bits per heavy atom. The van der Waals surface area contributed by atoms with E-state index in [1.54, 1.807) is 0 Å². The van der Waals surface area contributed by atoms with Crippen LogP contribution in [0.5, 0.6) is 0 Å². The molecular weight excluding hydrogens is 875 g/mol. The normalized spacial score (nSPS) is 11.9. The second-order valence-corrected chi connectivity index (χ2v) is 18.7. The Bertz CT molecular complexity index is 4550. The van der Waals surface area contributed by atoms with Gasteiger partial charge >= 0.3 is 0 Å². The lowest BCUT2D eigenvalue weighted by Gasteiger charge is -2.13. The van der Waals surface area contributed by atoms with Crippen LogP contribution in [0.4, 0.5) is 0 Å². The zero-order valence-corrected chi connectivity index (χ0v) is 38.9. The lowest BCUT2D eigenvalue weighted by atomic mass is 9.91. The Morgan fingerprint density at radius 3 is 1.38 bits per heavy atom. The topological polar surface area (TPSA) is 48.0 Å². The highest BCUT2D eigenvalue weighted by Crippen LogP contribution is 2.43. The van der Waals surface area contributed by atoms with Gasteiger partial charge in [0.2, 0.25) is 0 Å². The molecule has 0 aliphatic carbocycles. The summed E-state index contributed by atoms with van der Waals surface area (Å²) in [6.45, 7) is 0. The number of nitrogens with zero attached hydrogens (tertiary/aromatic N) is 5. The van der Waals surface area contributed by atoms with Crippen LogP contribution in [0, 0.1) is 0 Å². The van der Waals surface area contributed by atoms with Crippen molar-refractivity contribution in [1.82, 2.24) is 23.9 Å². The van der Waals surface area contributed by atoms with E-state index in [2.05, 4.69) is 197 Å². The number of fused-ring (bicyclic) bond motifs is 10. The van der Waals surface area contributed by atoms with Crippen LogP contribution in [-0.4, -0.2) is 23.9 Å². The largest absolute Gasteiger partial charge is 0.309 e. The second kappa shape index (κ2) is 15.9. The molecule has 0 N–H and O–H groups in total. The molecule has 0 atom stereocenters. The lowest BCUT2D eigenvalue weighted by molar-refractivity contribution is 1.07. The van der Waals surface area contributed by atoms with Crippen LogP contribution in [0.2, 0.25) is 0 Å². The Hall–Kier alpha value is -9.71. The highest BCUT2D eigenvalue weighted by Gasteiger charge is 2.20. The van der Waals surface area contributed by atoms with E-state index in [1.165, 1.54) is 93.0 Å². The molecule has 0 spiro atoms. The van der Waals surface area contributed by atoms with Gasteiger partial charge in [0.1, 0.15) is 0 Å². The van der Waals surface area contributed by atoms with Gasteiger partial charge in [0, 0.05) is 54.7 Å². The molecule has 334 valence electrons. The van der Waals surface area contributed by atoms with Gasteiger partial charge in [0.25, 0.3) is 0 Å². The number of hydrogen-bond donors (Lipinski definition) is 0. The van der Waals surface area contributed by atoms with Gasteiger partial charge in [0.15, 0.2) is 17.5 Å². The third-order valence-electron chi connectivity index (χ3n) is 14.7. The van der Waals surface area contributed by atoms with Crippen molar-refractivity contribution >= 4 is 70.7 Å². The van der Waals surface area contributed by atoms with Crippen molar-refractivity contribution in [1.29, 1.82) is 0 Å². The van der Waals surface area contributed by atoms with E-state index in [1.807, 2.05) is 60.7 Å². The molecule has 0 unspecified atom stereocenters. The molecule has 0 saturated carbocycles. The van der Waals surface area contributed by atoms with E-state index < -0.39 is 0 Å². The van der Waals surface area contributed by atoms with Crippen LogP contribution < -0.4 is 0 Å². The van der Waals surface area contributed by atoms with Gasteiger partial charge in [-0.3, -0.25) is 0 Å². The Balaban J connectivity index is 0.780. The van der Waals surface area contributed by atoms with E-state index in [0.29, 0.717) is 17.5 Å². The zero-order valence-electron chi connectivity index (χ0n) is 38.9.